The minimum Gasteiger partial charge on any atom is -0.344 e. The normalized spacial score (nSPS) is 12.4. The second-order valence-electron chi connectivity index (χ2n) is 9.03. The van der Waals surface area contributed by atoms with Crippen molar-refractivity contribution in [2.75, 3.05) is 0 Å². The number of rotatable bonds is 1. The van der Waals surface area contributed by atoms with Gasteiger partial charge in [-0.1, -0.05) is 78.9 Å². The average molecular weight is 421 g/mol. The van der Waals surface area contributed by atoms with Crippen LogP contribution >= 0.6 is 0 Å². The average Bonchev–Trinajstić information content (AvgIpc) is 3.31. The summed E-state index contributed by atoms with van der Waals surface area (Å²) in [5.74, 6) is 0. The first kappa shape index (κ1) is 17.3. The maximum atomic E-state index is 2.50. The maximum absolute atomic E-state index is 2.50. The summed E-state index contributed by atoms with van der Waals surface area (Å²) in [6, 6.07) is 37.7. The molecule has 8 aromatic rings. The second-order valence-corrected chi connectivity index (χ2v) is 9.03. The van der Waals surface area contributed by atoms with Crippen LogP contribution in [0.2, 0.25) is 0 Å². The lowest BCUT2D eigenvalue weighted by Gasteiger charge is -2.09. The van der Waals surface area contributed by atoms with Gasteiger partial charge in [-0.2, -0.15) is 0 Å². The lowest BCUT2D eigenvalue weighted by Crippen LogP contribution is -1.89. The van der Waals surface area contributed by atoms with Crippen LogP contribution in [0, 0.1) is 0 Å². The van der Waals surface area contributed by atoms with Crippen LogP contribution in [0.5, 0.6) is 0 Å². The number of nitrogens with zero attached hydrogens (tertiary/aromatic N) is 2. The van der Waals surface area contributed by atoms with Gasteiger partial charge in [0.1, 0.15) is 0 Å². The smallest absolute Gasteiger partial charge is 0.0641 e. The molecule has 0 saturated carbocycles. The molecule has 0 spiro atoms. The monoisotopic (exact) mass is 420 g/mol. The van der Waals surface area contributed by atoms with Crippen molar-refractivity contribution in [3.05, 3.63) is 103 Å². The third-order valence-electron chi connectivity index (χ3n) is 7.47. The Labute approximate surface area is 190 Å². The summed E-state index contributed by atoms with van der Waals surface area (Å²) < 4.78 is 4.86. The molecule has 0 aliphatic heterocycles. The lowest BCUT2D eigenvalue weighted by atomic mass is 9.95. The molecular formula is C31H20N2. The largest absolute Gasteiger partial charge is 0.344 e. The zero-order chi connectivity index (χ0) is 21.7. The van der Waals surface area contributed by atoms with Gasteiger partial charge in [0, 0.05) is 44.9 Å². The fourth-order valence-corrected chi connectivity index (χ4v) is 6.10. The molecule has 154 valence electrons. The Kier molecular flexibility index (Phi) is 3.11. The second kappa shape index (κ2) is 5.93. The van der Waals surface area contributed by atoms with Crippen LogP contribution in [0.15, 0.2) is 103 Å². The zero-order valence-electron chi connectivity index (χ0n) is 18.2. The maximum Gasteiger partial charge on any atom is 0.0641 e. The number of hydrogen-bond donors (Lipinski definition) is 0. The molecule has 0 fully saturated rings. The van der Waals surface area contributed by atoms with Crippen LogP contribution in [0.3, 0.4) is 0 Å². The molecule has 0 bridgehead atoms. The van der Waals surface area contributed by atoms with E-state index in [2.05, 4.69) is 119 Å². The molecule has 0 aliphatic rings. The Morgan fingerprint density at radius 2 is 1.09 bits per heavy atom. The molecule has 5 aromatic carbocycles. The van der Waals surface area contributed by atoms with Gasteiger partial charge in [0.2, 0.25) is 0 Å². The highest BCUT2D eigenvalue weighted by molar-refractivity contribution is 6.34. The highest BCUT2D eigenvalue weighted by Gasteiger charge is 2.22. The highest BCUT2D eigenvalue weighted by Crippen LogP contribution is 2.46. The number of fused-ring (bicyclic) bond motifs is 6. The topological polar surface area (TPSA) is 9.34 Å². The van der Waals surface area contributed by atoms with Gasteiger partial charge >= 0.3 is 0 Å². The van der Waals surface area contributed by atoms with Crippen molar-refractivity contribution in [2.24, 2.45) is 7.05 Å². The van der Waals surface area contributed by atoms with Gasteiger partial charge in [-0.3, -0.25) is 0 Å². The Balaban J connectivity index is 1.83. The van der Waals surface area contributed by atoms with E-state index in [9.17, 15) is 0 Å². The molecular weight excluding hydrogens is 400 g/mol. The van der Waals surface area contributed by atoms with Crippen LogP contribution in [0.1, 0.15) is 0 Å². The Morgan fingerprint density at radius 1 is 0.455 bits per heavy atom. The fraction of sp³-hybridized carbons (Fsp3) is 0.0323. The third kappa shape index (κ3) is 2.00. The van der Waals surface area contributed by atoms with E-state index >= 15 is 0 Å². The first-order chi connectivity index (χ1) is 16.3. The van der Waals surface area contributed by atoms with Crippen molar-refractivity contribution in [3.63, 3.8) is 0 Å². The number of hydrogen-bond acceptors (Lipinski definition) is 0. The van der Waals surface area contributed by atoms with Crippen molar-refractivity contribution in [2.45, 2.75) is 0 Å². The fourth-order valence-electron chi connectivity index (χ4n) is 6.10. The van der Waals surface area contributed by atoms with Crippen LogP contribution in [-0.4, -0.2) is 8.97 Å². The molecule has 0 radical (unpaired) electrons. The highest BCUT2D eigenvalue weighted by atomic mass is 15.0. The molecule has 0 amide bonds. The van der Waals surface area contributed by atoms with Crippen molar-refractivity contribution >= 4 is 59.9 Å². The van der Waals surface area contributed by atoms with Crippen LogP contribution in [0.4, 0.5) is 0 Å². The van der Waals surface area contributed by atoms with E-state index in [0.29, 0.717) is 0 Å². The van der Waals surface area contributed by atoms with E-state index in [-0.39, 0.29) is 0 Å². The quantitative estimate of drug-likeness (QED) is 0.253. The predicted molar refractivity (Wildman–Crippen MR) is 141 cm³/mol. The molecule has 3 heterocycles. The molecule has 33 heavy (non-hydrogen) atoms. The van der Waals surface area contributed by atoms with Gasteiger partial charge in [-0.25, -0.2) is 0 Å². The summed E-state index contributed by atoms with van der Waals surface area (Å²) in [6.07, 6.45) is 0. The Hall–Kier alpha value is -4.30. The summed E-state index contributed by atoms with van der Waals surface area (Å²) >= 11 is 0. The molecule has 0 unspecified atom stereocenters. The Morgan fingerprint density at radius 3 is 1.91 bits per heavy atom. The molecule has 2 heteroatoms. The summed E-state index contributed by atoms with van der Waals surface area (Å²) in [5.41, 5.74) is 8.93. The van der Waals surface area contributed by atoms with E-state index in [0.717, 1.165) is 0 Å². The van der Waals surface area contributed by atoms with Gasteiger partial charge < -0.3 is 8.97 Å². The van der Waals surface area contributed by atoms with Gasteiger partial charge in [-0.05, 0) is 35.4 Å². The van der Waals surface area contributed by atoms with Crippen molar-refractivity contribution in [1.82, 2.24) is 8.97 Å². The molecule has 0 atom stereocenters. The third-order valence-corrected chi connectivity index (χ3v) is 7.47. The first-order valence-corrected chi connectivity index (χ1v) is 11.5. The number of aromatic nitrogens is 2. The number of benzene rings is 5. The molecule has 0 N–H and O–H groups in total. The van der Waals surface area contributed by atoms with Gasteiger partial charge in [0.05, 0.1) is 22.1 Å². The minimum absolute atomic E-state index is 1.25. The lowest BCUT2D eigenvalue weighted by molar-refractivity contribution is 1.01. The van der Waals surface area contributed by atoms with E-state index in [4.69, 9.17) is 0 Å². The van der Waals surface area contributed by atoms with E-state index < -0.39 is 0 Å². The Bertz CT molecular complexity index is 2020. The summed E-state index contributed by atoms with van der Waals surface area (Å²) in [6.45, 7) is 0. The van der Waals surface area contributed by atoms with Crippen LogP contribution in [0.25, 0.3) is 71.0 Å². The molecule has 0 aliphatic carbocycles. The van der Waals surface area contributed by atoms with Gasteiger partial charge in [0.25, 0.3) is 0 Å². The van der Waals surface area contributed by atoms with Gasteiger partial charge in [-0.15, -0.1) is 0 Å². The van der Waals surface area contributed by atoms with E-state index in [1.54, 1.807) is 0 Å². The number of aryl methyl sites for hydroxylation is 1. The standard InChI is InChI=1S/C31H20N2/c1-32-26-17-15-20(19-9-3-2-4-10-19)28-23-12-6-8-14-25(23)33-24-13-7-5-11-21(24)22-16-18-27(32)30(29(26)28)31(22)33/h2-18H,1H3. The van der Waals surface area contributed by atoms with Crippen LogP contribution < -0.4 is 0 Å². The summed E-state index contributed by atoms with van der Waals surface area (Å²) in [7, 11) is 2.20. The van der Waals surface area contributed by atoms with Crippen LogP contribution in [-0.2, 0) is 7.05 Å². The van der Waals surface area contributed by atoms with E-state index in [1.165, 1.54) is 71.0 Å². The zero-order valence-corrected chi connectivity index (χ0v) is 18.2. The van der Waals surface area contributed by atoms with Crippen molar-refractivity contribution < 1.29 is 0 Å². The van der Waals surface area contributed by atoms with E-state index in [1.807, 2.05) is 0 Å². The summed E-state index contributed by atoms with van der Waals surface area (Å²) in [4.78, 5) is 0. The van der Waals surface area contributed by atoms with Crippen molar-refractivity contribution in [3.8, 4) is 11.1 Å². The minimum atomic E-state index is 1.25. The summed E-state index contributed by atoms with van der Waals surface area (Å²) in [5, 5.41) is 7.95. The SMILES string of the molecule is Cn1c2ccc(-c3ccccc3)c3c4ccccc4n4c5ccccc5c5ccc1c(c32)c54. The number of para-hydroxylation sites is 2. The van der Waals surface area contributed by atoms with Crippen molar-refractivity contribution in [1.29, 1.82) is 0 Å². The molecule has 2 nitrogen and oxygen atoms in total. The molecule has 3 aromatic heterocycles. The molecule has 0 saturated heterocycles. The molecule has 8 rings (SSSR count). The van der Waals surface area contributed by atoms with Gasteiger partial charge in [0.15, 0.2) is 0 Å². The predicted octanol–water partition coefficient (Wildman–Crippen LogP) is 8.15. The first-order valence-electron chi connectivity index (χ1n) is 11.5.